The van der Waals surface area contributed by atoms with E-state index in [1.807, 2.05) is 18.2 Å². The summed E-state index contributed by atoms with van der Waals surface area (Å²) in [5, 5.41) is 2.29. The molecule has 1 fully saturated rings. The molecule has 32 heavy (non-hydrogen) atoms. The summed E-state index contributed by atoms with van der Waals surface area (Å²) in [5.41, 5.74) is 1.76. The molecule has 0 aliphatic carbocycles. The standard InChI is InChI=1S/C23H28N4O2S.2ClH/c1-3-24-30(28,29)20-11-9-18(10-12-20)22-17-19-7-5-6-8-21(19)23(25-22)27-15-13-26(4-2)14-16-27;;/h5-12,17,24H,3-4,13-16H2,1-2H3;2*1H. The normalized spacial score (nSPS) is 14.6. The number of nitrogens with one attached hydrogen (secondary N) is 1. The molecule has 0 spiro atoms. The van der Waals surface area contributed by atoms with E-state index in [0.29, 0.717) is 6.54 Å². The van der Waals surface area contributed by atoms with Gasteiger partial charge in [-0.25, -0.2) is 18.1 Å². The number of piperazine rings is 1. The van der Waals surface area contributed by atoms with Crippen LogP contribution in [0.1, 0.15) is 13.8 Å². The zero-order valence-corrected chi connectivity index (χ0v) is 20.8. The van der Waals surface area contributed by atoms with Crippen LogP contribution in [-0.4, -0.2) is 57.6 Å². The van der Waals surface area contributed by atoms with Gasteiger partial charge >= 0.3 is 0 Å². The lowest BCUT2D eigenvalue weighted by Crippen LogP contribution is -2.46. The Labute approximate surface area is 202 Å². The lowest BCUT2D eigenvalue weighted by molar-refractivity contribution is 0.271. The van der Waals surface area contributed by atoms with Crippen molar-refractivity contribution in [1.29, 1.82) is 0 Å². The molecule has 2 heterocycles. The fraction of sp³-hybridized carbons (Fsp3) is 0.348. The number of aromatic nitrogens is 1. The van der Waals surface area contributed by atoms with E-state index in [1.165, 1.54) is 0 Å². The van der Waals surface area contributed by atoms with Gasteiger partial charge in [-0.3, -0.25) is 0 Å². The zero-order chi connectivity index (χ0) is 21.1. The van der Waals surface area contributed by atoms with Gasteiger partial charge in [-0.2, -0.15) is 0 Å². The van der Waals surface area contributed by atoms with E-state index in [4.69, 9.17) is 4.98 Å². The SMILES string of the molecule is CCNS(=O)(=O)c1ccc(-c2cc3ccccc3c(N3CCN(CC)CC3)n2)cc1.Cl.Cl. The number of sulfonamides is 1. The maximum absolute atomic E-state index is 12.2. The summed E-state index contributed by atoms with van der Waals surface area (Å²) in [6.07, 6.45) is 0. The second-order valence-corrected chi connectivity index (χ2v) is 9.27. The highest BCUT2D eigenvalue weighted by atomic mass is 35.5. The Hall–Kier alpha value is -1.90. The molecule has 0 saturated carbocycles. The van der Waals surface area contributed by atoms with E-state index in [2.05, 4.69) is 45.7 Å². The van der Waals surface area contributed by atoms with Crippen molar-refractivity contribution in [2.45, 2.75) is 18.7 Å². The maximum atomic E-state index is 12.2. The largest absolute Gasteiger partial charge is 0.354 e. The van der Waals surface area contributed by atoms with Gasteiger partial charge < -0.3 is 9.80 Å². The number of nitrogens with zero attached hydrogens (tertiary/aromatic N) is 3. The van der Waals surface area contributed by atoms with Crippen molar-refractivity contribution < 1.29 is 8.42 Å². The topological polar surface area (TPSA) is 65.5 Å². The lowest BCUT2D eigenvalue weighted by atomic mass is 10.1. The molecule has 6 nitrogen and oxygen atoms in total. The molecule has 0 radical (unpaired) electrons. The first-order valence-electron chi connectivity index (χ1n) is 10.5. The minimum absolute atomic E-state index is 0. The molecule has 1 aliphatic rings. The third-order valence-corrected chi connectivity index (χ3v) is 7.20. The Balaban J connectivity index is 0.00000181. The fourth-order valence-corrected chi connectivity index (χ4v) is 4.96. The summed E-state index contributed by atoms with van der Waals surface area (Å²) in [4.78, 5) is 10.1. The third-order valence-electron chi connectivity index (χ3n) is 5.63. The summed E-state index contributed by atoms with van der Waals surface area (Å²) in [7, 11) is -3.46. The summed E-state index contributed by atoms with van der Waals surface area (Å²) in [6, 6.07) is 17.4. The molecule has 0 amide bonds. The first kappa shape index (κ1) is 26.4. The quantitative estimate of drug-likeness (QED) is 0.554. The van der Waals surface area contributed by atoms with Crippen LogP contribution in [0, 0.1) is 0 Å². The van der Waals surface area contributed by atoms with Crippen LogP contribution >= 0.6 is 24.8 Å². The Morgan fingerprint density at radius 3 is 2.22 bits per heavy atom. The van der Waals surface area contributed by atoms with Gasteiger partial charge in [0.25, 0.3) is 0 Å². The van der Waals surface area contributed by atoms with Gasteiger partial charge in [-0.05, 0) is 30.1 Å². The number of pyridine rings is 1. The molecule has 1 N–H and O–H groups in total. The van der Waals surface area contributed by atoms with Crippen molar-refractivity contribution in [2.75, 3.05) is 44.2 Å². The van der Waals surface area contributed by atoms with Crippen molar-refractivity contribution in [3.63, 3.8) is 0 Å². The molecular weight excluding hydrogens is 467 g/mol. The van der Waals surface area contributed by atoms with Gasteiger partial charge in [0, 0.05) is 43.7 Å². The number of benzene rings is 2. The van der Waals surface area contributed by atoms with Crippen molar-refractivity contribution in [1.82, 2.24) is 14.6 Å². The average molecular weight is 497 g/mol. The number of hydrogen-bond donors (Lipinski definition) is 1. The Kier molecular flexibility index (Phi) is 9.30. The van der Waals surface area contributed by atoms with E-state index >= 15 is 0 Å². The molecule has 4 rings (SSSR count). The molecule has 9 heteroatoms. The van der Waals surface area contributed by atoms with Gasteiger partial charge in [0.05, 0.1) is 10.6 Å². The van der Waals surface area contributed by atoms with Gasteiger partial charge in [0.1, 0.15) is 5.82 Å². The lowest BCUT2D eigenvalue weighted by Gasteiger charge is -2.35. The highest BCUT2D eigenvalue weighted by molar-refractivity contribution is 7.89. The minimum Gasteiger partial charge on any atom is -0.354 e. The molecule has 3 aromatic rings. The van der Waals surface area contributed by atoms with Gasteiger partial charge in [-0.1, -0.05) is 50.2 Å². The summed E-state index contributed by atoms with van der Waals surface area (Å²) in [5.74, 6) is 1.00. The smallest absolute Gasteiger partial charge is 0.240 e. The second-order valence-electron chi connectivity index (χ2n) is 7.50. The van der Waals surface area contributed by atoms with Crippen LogP contribution in [0.3, 0.4) is 0 Å². The molecule has 1 aromatic heterocycles. The van der Waals surface area contributed by atoms with Crippen LogP contribution in [0.4, 0.5) is 5.82 Å². The number of likely N-dealkylation sites (N-methyl/N-ethyl adjacent to an activating group) is 1. The first-order valence-corrected chi connectivity index (χ1v) is 12.0. The van der Waals surface area contributed by atoms with Crippen LogP contribution in [0.25, 0.3) is 22.0 Å². The molecule has 0 unspecified atom stereocenters. The van der Waals surface area contributed by atoms with Crippen molar-refractivity contribution in [3.8, 4) is 11.3 Å². The van der Waals surface area contributed by atoms with Crippen LogP contribution in [0.2, 0.25) is 0 Å². The maximum Gasteiger partial charge on any atom is 0.240 e. The van der Waals surface area contributed by atoms with Crippen LogP contribution in [0.5, 0.6) is 0 Å². The van der Waals surface area contributed by atoms with Crippen LogP contribution < -0.4 is 9.62 Å². The number of anilines is 1. The second kappa shape index (κ2) is 11.3. The highest BCUT2D eigenvalue weighted by Gasteiger charge is 2.20. The van der Waals surface area contributed by atoms with E-state index in [-0.39, 0.29) is 29.7 Å². The number of rotatable bonds is 6. The number of fused-ring (bicyclic) bond motifs is 1. The molecule has 0 atom stereocenters. The fourth-order valence-electron chi connectivity index (χ4n) is 3.92. The third kappa shape index (κ3) is 5.53. The van der Waals surface area contributed by atoms with E-state index in [0.717, 1.165) is 60.6 Å². The molecule has 0 bridgehead atoms. The Bertz CT molecular complexity index is 1130. The summed E-state index contributed by atoms with van der Waals surface area (Å²) in [6.45, 7) is 9.38. The zero-order valence-electron chi connectivity index (χ0n) is 18.3. The Morgan fingerprint density at radius 2 is 1.59 bits per heavy atom. The van der Waals surface area contributed by atoms with Crippen molar-refractivity contribution in [3.05, 3.63) is 54.6 Å². The van der Waals surface area contributed by atoms with Gasteiger partial charge in [0.15, 0.2) is 0 Å². The van der Waals surface area contributed by atoms with Crippen molar-refractivity contribution in [2.24, 2.45) is 0 Å². The van der Waals surface area contributed by atoms with E-state index < -0.39 is 10.0 Å². The number of halogens is 2. The van der Waals surface area contributed by atoms with Crippen LogP contribution in [-0.2, 0) is 10.0 Å². The molecule has 1 saturated heterocycles. The summed E-state index contributed by atoms with van der Waals surface area (Å²) >= 11 is 0. The number of hydrogen-bond acceptors (Lipinski definition) is 5. The molecule has 1 aliphatic heterocycles. The van der Waals surface area contributed by atoms with Crippen LogP contribution in [0.15, 0.2) is 59.5 Å². The van der Waals surface area contributed by atoms with E-state index in [1.54, 1.807) is 19.1 Å². The average Bonchev–Trinajstić information content (AvgIpc) is 2.78. The summed E-state index contributed by atoms with van der Waals surface area (Å²) < 4.78 is 27.0. The van der Waals surface area contributed by atoms with Crippen molar-refractivity contribution >= 4 is 51.4 Å². The molecular formula is C23H30Cl2N4O2S. The monoisotopic (exact) mass is 496 g/mol. The first-order chi connectivity index (χ1) is 14.5. The predicted molar refractivity (Wildman–Crippen MR) is 137 cm³/mol. The molecule has 174 valence electrons. The Morgan fingerprint density at radius 1 is 0.938 bits per heavy atom. The predicted octanol–water partition coefficient (Wildman–Crippen LogP) is 4.19. The highest BCUT2D eigenvalue weighted by Crippen LogP contribution is 2.31. The van der Waals surface area contributed by atoms with E-state index in [9.17, 15) is 8.42 Å². The van der Waals surface area contributed by atoms with Gasteiger partial charge in [0.2, 0.25) is 10.0 Å². The molecule has 2 aromatic carbocycles. The van der Waals surface area contributed by atoms with Gasteiger partial charge in [-0.15, -0.1) is 24.8 Å². The minimum atomic E-state index is -3.46.